The van der Waals surface area contributed by atoms with Crippen molar-refractivity contribution in [2.45, 2.75) is 32.7 Å². The minimum atomic E-state index is -0.284. The Balaban J connectivity index is 1.94. The van der Waals surface area contributed by atoms with Crippen molar-refractivity contribution in [3.63, 3.8) is 0 Å². The number of carbonyl (C=O) groups excluding carboxylic acids is 2. The Kier molecular flexibility index (Phi) is 6.51. The summed E-state index contributed by atoms with van der Waals surface area (Å²) in [4.78, 5) is 28.0. The van der Waals surface area contributed by atoms with E-state index in [0.29, 0.717) is 12.1 Å². The Morgan fingerprint density at radius 3 is 2.40 bits per heavy atom. The van der Waals surface area contributed by atoms with Gasteiger partial charge in [-0.15, -0.1) is 0 Å². The summed E-state index contributed by atoms with van der Waals surface area (Å²) >= 11 is 0. The standard InChI is InChI=1S/C19H24N4O2/c1-4-16(17-10-5-13(2)12-21-17)23-19(25)22-15-8-6-14(7-9-15)11-18(24)20-3/h5-10,12,16H,4,11H2,1-3H3,(H,20,24)(H2,22,23,25)/t16-/m0/s1. The van der Waals surface area contributed by atoms with Crippen molar-refractivity contribution in [1.82, 2.24) is 15.6 Å². The van der Waals surface area contributed by atoms with E-state index in [0.717, 1.165) is 23.2 Å². The molecular weight excluding hydrogens is 316 g/mol. The van der Waals surface area contributed by atoms with Gasteiger partial charge in [-0.3, -0.25) is 9.78 Å². The summed E-state index contributed by atoms with van der Waals surface area (Å²) in [5.74, 6) is -0.0464. The molecule has 1 aromatic heterocycles. The van der Waals surface area contributed by atoms with Crippen molar-refractivity contribution < 1.29 is 9.59 Å². The van der Waals surface area contributed by atoms with E-state index in [1.54, 1.807) is 25.4 Å². The zero-order valence-electron chi connectivity index (χ0n) is 14.8. The normalized spacial score (nSPS) is 11.5. The fraction of sp³-hybridized carbons (Fsp3) is 0.316. The van der Waals surface area contributed by atoms with Crippen molar-refractivity contribution >= 4 is 17.6 Å². The van der Waals surface area contributed by atoms with E-state index in [1.165, 1.54) is 0 Å². The van der Waals surface area contributed by atoms with Gasteiger partial charge in [0.2, 0.25) is 5.91 Å². The number of aromatic nitrogens is 1. The van der Waals surface area contributed by atoms with Crippen LogP contribution in [-0.4, -0.2) is 24.0 Å². The molecule has 0 radical (unpaired) electrons. The molecule has 6 heteroatoms. The van der Waals surface area contributed by atoms with E-state index in [2.05, 4.69) is 20.9 Å². The summed E-state index contributed by atoms with van der Waals surface area (Å²) in [6.45, 7) is 3.98. The number of rotatable bonds is 6. The van der Waals surface area contributed by atoms with Crippen LogP contribution in [0.15, 0.2) is 42.6 Å². The van der Waals surface area contributed by atoms with Crippen LogP contribution in [0.3, 0.4) is 0 Å². The SMILES string of the molecule is CC[C@H](NC(=O)Nc1ccc(CC(=O)NC)cc1)c1ccc(C)cn1. The number of benzene rings is 1. The molecule has 0 aliphatic heterocycles. The number of nitrogens with one attached hydrogen (secondary N) is 3. The minimum absolute atomic E-state index is 0.0464. The Hall–Kier alpha value is -2.89. The van der Waals surface area contributed by atoms with Crippen LogP contribution in [0.1, 0.15) is 36.2 Å². The van der Waals surface area contributed by atoms with Crippen LogP contribution in [0.5, 0.6) is 0 Å². The molecule has 0 spiro atoms. The third-order valence-corrected chi connectivity index (χ3v) is 3.86. The van der Waals surface area contributed by atoms with Crippen molar-refractivity contribution in [2.24, 2.45) is 0 Å². The van der Waals surface area contributed by atoms with Crippen LogP contribution in [0.2, 0.25) is 0 Å². The predicted molar refractivity (Wildman–Crippen MR) is 98.4 cm³/mol. The van der Waals surface area contributed by atoms with E-state index < -0.39 is 0 Å². The fourth-order valence-electron chi connectivity index (χ4n) is 2.38. The summed E-state index contributed by atoms with van der Waals surface area (Å²) in [6.07, 6.45) is 2.86. The molecule has 0 saturated carbocycles. The number of likely N-dealkylation sites (N-methyl/N-ethyl adjacent to an activating group) is 1. The number of aryl methyl sites for hydroxylation is 1. The Morgan fingerprint density at radius 2 is 1.84 bits per heavy atom. The maximum atomic E-state index is 12.2. The second-order valence-corrected chi connectivity index (χ2v) is 5.87. The summed E-state index contributed by atoms with van der Waals surface area (Å²) in [5, 5.41) is 8.32. The van der Waals surface area contributed by atoms with Crippen LogP contribution in [0.25, 0.3) is 0 Å². The second kappa shape index (κ2) is 8.82. The molecule has 2 rings (SSSR count). The van der Waals surface area contributed by atoms with E-state index >= 15 is 0 Å². The number of nitrogens with zero attached hydrogens (tertiary/aromatic N) is 1. The average molecular weight is 340 g/mol. The number of hydrogen-bond donors (Lipinski definition) is 3. The number of hydrogen-bond acceptors (Lipinski definition) is 3. The molecule has 3 N–H and O–H groups in total. The molecule has 0 saturated heterocycles. The highest BCUT2D eigenvalue weighted by atomic mass is 16.2. The molecule has 1 heterocycles. The summed E-state index contributed by atoms with van der Waals surface area (Å²) in [6, 6.07) is 10.7. The second-order valence-electron chi connectivity index (χ2n) is 5.87. The first-order chi connectivity index (χ1) is 12.0. The molecule has 0 aliphatic carbocycles. The lowest BCUT2D eigenvalue weighted by atomic mass is 10.1. The third kappa shape index (κ3) is 5.60. The summed E-state index contributed by atoms with van der Waals surface area (Å²) in [7, 11) is 1.61. The largest absolute Gasteiger partial charge is 0.359 e. The monoisotopic (exact) mass is 340 g/mol. The van der Waals surface area contributed by atoms with Crippen LogP contribution in [-0.2, 0) is 11.2 Å². The maximum Gasteiger partial charge on any atom is 0.319 e. The van der Waals surface area contributed by atoms with Crippen LogP contribution in [0.4, 0.5) is 10.5 Å². The van der Waals surface area contributed by atoms with Gasteiger partial charge in [-0.2, -0.15) is 0 Å². The lowest BCUT2D eigenvalue weighted by Gasteiger charge is -2.17. The van der Waals surface area contributed by atoms with Gasteiger partial charge in [-0.1, -0.05) is 25.1 Å². The highest BCUT2D eigenvalue weighted by molar-refractivity contribution is 5.89. The fourth-order valence-corrected chi connectivity index (χ4v) is 2.38. The van der Waals surface area contributed by atoms with Gasteiger partial charge in [-0.05, 0) is 42.7 Å². The van der Waals surface area contributed by atoms with Gasteiger partial charge >= 0.3 is 6.03 Å². The Bertz CT molecular complexity index is 711. The van der Waals surface area contributed by atoms with Gasteiger partial charge in [-0.25, -0.2) is 4.79 Å². The van der Waals surface area contributed by atoms with E-state index in [9.17, 15) is 9.59 Å². The number of carbonyl (C=O) groups is 2. The van der Waals surface area contributed by atoms with Crippen molar-refractivity contribution in [3.8, 4) is 0 Å². The molecule has 0 unspecified atom stereocenters. The molecule has 6 nitrogen and oxygen atoms in total. The van der Waals surface area contributed by atoms with Gasteiger partial charge < -0.3 is 16.0 Å². The highest BCUT2D eigenvalue weighted by Crippen LogP contribution is 2.15. The highest BCUT2D eigenvalue weighted by Gasteiger charge is 2.14. The van der Waals surface area contributed by atoms with Crippen LogP contribution < -0.4 is 16.0 Å². The molecule has 132 valence electrons. The van der Waals surface area contributed by atoms with Gasteiger partial charge in [0.1, 0.15) is 0 Å². The van der Waals surface area contributed by atoms with Crippen LogP contribution >= 0.6 is 0 Å². The Morgan fingerprint density at radius 1 is 1.12 bits per heavy atom. The molecule has 0 aliphatic rings. The van der Waals surface area contributed by atoms with Gasteiger partial charge in [0, 0.05) is 18.9 Å². The Labute approximate surface area is 148 Å². The minimum Gasteiger partial charge on any atom is -0.359 e. The van der Waals surface area contributed by atoms with Gasteiger partial charge in [0.15, 0.2) is 0 Å². The molecule has 3 amide bonds. The zero-order valence-corrected chi connectivity index (χ0v) is 14.8. The molecule has 25 heavy (non-hydrogen) atoms. The zero-order chi connectivity index (χ0) is 18.2. The number of pyridine rings is 1. The average Bonchev–Trinajstić information content (AvgIpc) is 2.62. The summed E-state index contributed by atoms with van der Waals surface area (Å²) < 4.78 is 0. The molecule has 1 atom stereocenters. The number of urea groups is 1. The van der Waals surface area contributed by atoms with Crippen molar-refractivity contribution in [1.29, 1.82) is 0 Å². The topological polar surface area (TPSA) is 83.1 Å². The van der Waals surface area contributed by atoms with Gasteiger partial charge in [0.25, 0.3) is 0 Å². The molecule has 1 aromatic carbocycles. The van der Waals surface area contributed by atoms with E-state index in [1.807, 2.05) is 38.1 Å². The van der Waals surface area contributed by atoms with E-state index in [4.69, 9.17) is 0 Å². The molecule has 0 bridgehead atoms. The number of anilines is 1. The quantitative estimate of drug-likeness (QED) is 0.756. The van der Waals surface area contributed by atoms with Crippen LogP contribution in [0, 0.1) is 6.92 Å². The first-order valence-corrected chi connectivity index (χ1v) is 8.31. The third-order valence-electron chi connectivity index (χ3n) is 3.86. The number of amides is 3. The lowest BCUT2D eigenvalue weighted by Crippen LogP contribution is -2.32. The van der Waals surface area contributed by atoms with Crippen molar-refractivity contribution in [3.05, 3.63) is 59.4 Å². The van der Waals surface area contributed by atoms with Gasteiger partial charge in [0.05, 0.1) is 18.2 Å². The first kappa shape index (κ1) is 18.4. The molecule has 2 aromatic rings. The lowest BCUT2D eigenvalue weighted by molar-refractivity contribution is -0.119. The molecular formula is C19H24N4O2. The predicted octanol–water partition coefficient (Wildman–Crippen LogP) is 2.95. The summed E-state index contributed by atoms with van der Waals surface area (Å²) in [5.41, 5.74) is 3.48. The molecule has 0 fully saturated rings. The first-order valence-electron chi connectivity index (χ1n) is 8.31. The van der Waals surface area contributed by atoms with Crippen molar-refractivity contribution in [2.75, 3.05) is 12.4 Å². The maximum absolute atomic E-state index is 12.2. The smallest absolute Gasteiger partial charge is 0.319 e. The van der Waals surface area contributed by atoms with E-state index in [-0.39, 0.29) is 18.0 Å².